The van der Waals surface area contributed by atoms with E-state index in [1.54, 1.807) is 0 Å². The van der Waals surface area contributed by atoms with Gasteiger partial charge in [0.05, 0.1) is 18.8 Å². The van der Waals surface area contributed by atoms with Crippen molar-refractivity contribution >= 4 is 0 Å². The standard InChI is InChI=1S/C17H24O3/c18-17-15-9-2-1-6-13(15)7-5-10-16(17)20-12-14-8-3-4-11-19-14/h1-2,6,9,14,16-18H,3-5,7-8,10-12H2. The maximum Gasteiger partial charge on any atom is 0.105 e. The topological polar surface area (TPSA) is 38.7 Å². The van der Waals surface area contributed by atoms with Gasteiger partial charge in [0, 0.05) is 6.61 Å². The van der Waals surface area contributed by atoms with E-state index < -0.39 is 6.10 Å². The lowest BCUT2D eigenvalue weighted by atomic mass is 10.00. The summed E-state index contributed by atoms with van der Waals surface area (Å²) in [5, 5.41) is 10.6. The molecule has 0 bridgehead atoms. The third-order valence-corrected chi connectivity index (χ3v) is 4.43. The SMILES string of the molecule is OC1c2ccccc2CCCC1OCC1CCCCO1. The summed E-state index contributed by atoms with van der Waals surface area (Å²) in [6, 6.07) is 8.18. The predicted octanol–water partition coefficient (Wildman–Crippen LogP) is 3.01. The first-order chi connectivity index (χ1) is 9.84. The number of benzene rings is 1. The Morgan fingerprint density at radius 1 is 1.15 bits per heavy atom. The van der Waals surface area contributed by atoms with Crippen molar-refractivity contribution in [3.8, 4) is 0 Å². The lowest BCUT2D eigenvalue weighted by Gasteiger charge is -2.27. The van der Waals surface area contributed by atoms with Crippen LogP contribution >= 0.6 is 0 Å². The van der Waals surface area contributed by atoms with Crippen molar-refractivity contribution < 1.29 is 14.6 Å². The average Bonchev–Trinajstić information content (AvgIpc) is 2.66. The third-order valence-electron chi connectivity index (χ3n) is 4.43. The van der Waals surface area contributed by atoms with Gasteiger partial charge in [-0.25, -0.2) is 0 Å². The highest BCUT2D eigenvalue weighted by molar-refractivity contribution is 5.30. The van der Waals surface area contributed by atoms with Crippen molar-refractivity contribution in [1.29, 1.82) is 0 Å². The van der Waals surface area contributed by atoms with Crippen LogP contribution in [0.4, 0.5) is 0 Å². The second-order valence-corrected chi connectivity index (χ2v) is 5.90. The van der Waals surface area contributed by atoms with Crippen molar-refractivity contribution in [2.24, 2.45) is 0 Å². The number of aliphatic hydroxyl groups is 1. The van der Waals surface area contributed by atoms with Crippen LogP contribution in [0.1, 0.15) is 49.3 Å². The number of fused-ring (bicyclic) bond motifs is 1. The van der Waals surface area contributed by atoms with E-state index in [4.69, 9.17) is 9.47 Å². The molecule has 1 aliphatic carbocycles. The Kier molecular flexibility index (Phi) is 4.71. The Morgan fingerprint density at radius 2 is 2.05 bits per heavy atom. The molecule has 3 unspecified atom stereocenters. The maximum absolute atomic E-state index is 10.6. The van der Waals surface area contributed by atoms with Gasteiger partial charge in [-0.05, 0) is 49.7 Å². The maximum atomic E-state index is 10.6. The quantitative estimate of drug-likeness (QED) is 0.863. The largest absolute Gasteiger partial charge is 0.386 e. The van der Waals surface area contributed by atoms with Crippen LogP contribution in [0.5, 0.6) is 0 Å². The first-order valence-corrected chi connectivity index (χ1v) is 7.83. The molecule has 1 heterocycles. The molecule has 1 fully saturated rings. The lowest BCUT2D eigenvalue weighted by Crippen LogP contribution is -2.30. The fraction of sp³-hybridized carbons (Fsp3) is 0.647. The highest BCUT2D eigenvalue weighted by Gasteiger charge is 2.27. The molecule has 0 spiro atoms. The van der Waals surface area contributed by atoms with Gasteiger partial charge < -0.3 is 14.6 Å². The fourth-order valence-corrected chi connectivity index (χ4v) is 3.25. The van der Waals surface area contributed by atoms with Crippen molar-refractivity contribution in [2.75, 3.05) is 13.2 Å². The summed E-state index contributed by atoms with van der Waals surface area (Å²) < 4.78 is 11.7. The van der Waals surface area contributed by atoms with E-state index in [1.165, 1.54) is 12.0 Å². The predicted molar refractivity (Wildman–Crippen MR) is 77.7 cm³/mol. The molecule has 1 N–H and O–H groups in total. The minimum Gasteiger partial charge on any atom is -0.386 e. The molecule has 3 atom stereocenters. The fourth-order valence-electron chi connectivity index (χ4n) is 3.25. The summed E-state index contributed by atoms with van der Waals surface area (Å²) in [6.07, 6.45) is 6.12. The number of aryl methyl sites for hydroxylation is 1. The molecular formula is C17H24O3. The molecule has 1 aromatic rings. The highest BCUT2D eigenvalue weighted by atomic mass is 16.5. The lowest BCUT2D eigenvalue weighted by molar-refractivity contribution is -0.0964. The van der Waals surface area contributed by atoms with E-state index in [0.29, 0.717) is 6.61 Å². The van der Waals surface area contributed by atoms with Crippen LogP contribution < -0.4 is 0 Å². The minimum absolute atomic E-state index is 0.0934. The molecule has 1 aromatic carbocycles. The van der Waals surface area contributed by atoms with Crippen LogP contribution in [0.3, 0.4) is 0 Å². The molecule has 110 valence electrons. The highest BCUT2D eigenvalue weighted by Crippen LogP contribution is 2.31. The van der Waals surface area contributed by atoms with Gasteiger partial charge in [-0.15, -0.1) is 0 Å². The zero-order valence-corrected chi connectivity index (χ0v) is 12.0. The Hall–Kier alpha value is -0.900. The van der Waals surface area contributed by atoms with Gasteiger partial charge in [0.1, 0.15) is 6.10 Å². The van der Waals surface area contributed by atoms with Gasteiger partial charge in [0.2, 0.25) is 0 Å². The van der Waals surface area contributed by atoms with Gasteiger partial charge in [0.15, 0.2) is 0 Å². The number of hydrogen-bond acceptors (Lipinski definition) is 3. The first kappa shape index (κ1) is 14.1. The smallest absolute Gasteiger partial charge is 0.105 e. The summed E-state index contributed by atoms with van der Waals surface area (Å²) >= 11 is 0. The van der Waals surface area contributed by atoms with Crippen molar-refractivity contribution in [2.45, 2.75) is 56.8 Å². The Bertz CT molecular complexity index is 426. The van der Waals surface area contributed by atoms with E-state index in [-0.39, 0.29) is 12.2 Å². The normalized spacial score (nSPS) is 30.6. The molecule has 0 amide bonds. The summed E-state index contributed by atoms with van der Waals surface area (Å²) in [5.41, 5.74) is 2.31. The van der Waals surface area contributed by atoms with Crippen molar-refractivity contribution in [3.63, 3.8) is 0 Å². The molecule has 3 nitrogen and oxygen atoms in total. The average molecular weight is 276 g/mol. The molecule has 3 heteroatoms. The van der Waals surface area contributed by atoms with Crippen LogP contribution in [0.25, 0.3) is 0 Å². The molecular weight excluding hydrogens is 252 g/mol. The summed E-state index contributed by atoms with van der Waals surface area (Å²) in [4.78, 5) is 0. The molecule has 20 heavy (non-hydrogen) atoms. The molecule has 0 radical (unpaired) electrons. The third kappa shape index (κ3) is 3.22. The van der Waals surface area contributed by atoms with E-state index in [9.17, 15) is 5.11 Å². The van der Waals surface area contributed by atoms with Gasteiger partial charge >= 0.3 is 0 Å². The number of rotatable bonds is 3. The summed E-state index contributed by atoms with van der Waals surface area (Å²) in [7, 11) is 0. The molecule has 0 saturated carbocycles. The number of ether oxygens (including phenoxy) is 2. The van der Waals surface area contributed by atoms with Crippen LogP contribution in [-0.4, -0.2) is 30.5 Å². The van der Waals surface area contributed by atoms with Gasteiger partial charge in [0.25, 0.3) is 0 Å². The van der Waals surface area contributed by atoms with Gasteiger partial charge in [-0.2, -0.15) is 0 Å². The van der Waals surface area contributed by atoms with Crippen LogP contribution in [0, 0.1) is 0 Å². The van der Waals surface area contributed by atoms with Crippen molar-refractivity contribution in [3.05, 3.63) is 35.4 Å². The van der Waals surface area contributed by atoms with Crippen molar-refractivity contribution in [1.82, 2.24) is 0 Å². The molecule has 1 aliphatic heterocycles. The Labute approximate surface area is 120 Å². The van der Waals surface area contributed by atoms with E-state index in [1.807, 2.05) is 18.2 Å². The number of hydrogen-bond donors (Lipinski definition) is 1. The van der Waals surface area contributed by atoms with Crippen LogP contribution in [0.2, 0.25) is 0 Å². The zero-order chi connectivity index (χ0) is 13.8. The monoisotopic (exact) mass is 276 g/mol. The zero-order valence-electron chi connectivity index (χ0n) is 12.0. The first-order valence-electron chi connectivity index (χ1n) is 7.83. The Balaban J connectivity index is 1.62. The number of aliphatic hydroxyl groups excluding tert-OH is 1. The molecule has 0 aromatic heterocycles. The van der Waals surface area contributed by atoms with Gasteiger partial charge in [-0.3, -0.25) is 0 Å². The minimum atomic E-state index is -0.503. The van der Waals surface area contributed by atoms with E-state index in [0.717, 1.165) is 44.3 Å². The molecule has 3 rings (SSSR count). The second kappa shape index (κ2) is 6.70. The van der Waals surface area contributed by atoms with Crippen LogP contribution in [-0.2, 0) is 15.9 Å². The van der Waals surface area contributed by atoms with Crippen LogP contribution in [0.15, 0.2) is 24.3 Å². The summed E-state index contributed by atoms with van der Waals surface area (Å²) in [5.74, 6) is 0. The molecule has 1 saturated heterocycles. The second-order valence-electron chi connectivity index (χ2n) is 5.90. The Morgan fingerprint density at radius 3 is 2.90 bits per heavy atom. The van der Waals surface area contributed by atoms with Gasteiger partial charge in [-0.1, -0.05) is 24.3 Å². The molecule has 2 aliphatic rings. The van der Waals surface area contributed by atoms with E-state index >= 15 is 0 Å². The van der Waals surface area contributed by atoms with E-state index in [2.05, 4.69) is 6.07 Å². The summed E-state index contributed by atoms with van der Waals surface area (Å²) in [6.45, 7) is 1.47.